The lowest BCUT2D eigenvalue weighted by Gasteiger charge is -2.43. The number of hydrogen-bond acceptors (Lipinski definition) is 3. The Morgan fingerprint density at radius 2 is 2.14 bits per heavy atom. The number of carbonyl (C=O) groups is 1. The van der Waals surface area contributed by atoms with E-state index in [4.69, 9.17) is 22.1 Å². The summed E-state index contributed by atoms with van der Waals surface area (Å²) in [7, 11) is 0. The lowest BCUT2D eigenvalue weighted by Crippen LogP contribution is -2.56. The number of rotatable bonds is 3. The van der Waals surface area contributed by atoms with E-state index in [1.54, 1.807) is 19.1 Å². The van der Waals surface area contributed by atoms with Gasteiger partial charge in [-0.05, 0) is 30.9 Å². The number of para-hydroxylation sites is 1. The van der Waals surface area contributed by atoms with Crippen LogP contribution < -0.4 is 10.5 Å². The number of halogens is 1. The maximum absolute atomic E-state index is 12.5. The van der Waals surface area contributed by atoms with Crippen molar-refractivity contribution in [1.29, 1.82) is 0 Å². The van der Waals surface area contributed by atoms with Gasteiger partial charge in [-0.1, -0.05) is 37.6 Å². The Kier molecular flexibility index (Phi) is 4.79. The molecule has 1 aromatic rings. The molecule has 0 aliphatic carbocycles. The molecule has 0 saturated carbocycles. The van der Waals surface area contributed by atoms with Crippen LogP contribution in [-0.4, -0.2) is 36.0 Å². The Labute approximate surface area is 131 Å². The fourth-order valence-electron chi connectivity index (χ4n) is 2.60. The zero-order valence-electron chi connectivity index (χ0n) is 12.8. The molecule has 0 radical (unpaired) electrons. The monoisotopic (exact) mass is 310 g/mol. The van der Waals surface area contributed by atoms with Gasteiger partial charge in [0.25, 0.3) is 5.91 Å². The minimum Gasteiger partial charge on any atom is -0.479 e. The molecule has 0 bridgehead atoms. The van der Waals surface area contributed by atoms with E-state index in [-0.39, 0.29) is 17.4 Å². The van der Waals surface area contributed by atoms with Crippen LogP contribution >= 0.6 is 11.6 Å². The summed E-state index contributed by atoms with van der Waals surface area (Å²) < 4.78 is 5.70. The third kappa shape index (κ3) is 3.69. The van der Waals surface area contributed by atoms with Crippen LogP contribution in [0.15, 0.2) is 24.3 Å². The van der Waals surface area contributed by atoms with Gasteiger partial charge in [-0.2, -0.15) is 0 Å². The first-order chi connectivity index (χ1) is 9.81. The number of nitrogens with two attached hydrogens (primary N) is 1. The third-order valence-corrected chi connectivity index (χ3v) is 4.42. The van der Waals surface area contributed by atoms with Crippen LogP contribution in [0.2, 0.25) is 5.02 Å². The smallest absolute Gasteiger partial charge is 0.263 e. The maximum Gasteiger partial charge on any atom is 0.263 e. The molecule has 1 aliphatic heterocycles. The molecule has 2 N–H and O–H groups in total. The Morgan fingerprint density at radius 1 is 1.48 bits per heavy atom. The Balaban J connectivity index is 2.01. The predicted molar refractivity (Wildman–Crippen MR) is 84.5 cm³/mol. The highest BCUT2D eigenvalue weighted by Crippen LogP contribution is 2.29. The lowest BCUT2D eigenvalue weighted by atomic mass is 9.79. The van der Waals surface area contributed by atoms with Crippen LogP contribution in [0.1, 0.15) is 27.2 Å². The van der Waals surface area contributed by atoms with Crippen LogP contribution in [0.25, 0.3) is 0 Å². The summed E-state index contributed by atoms with van der Waals surface area (Å²) in [4.78, 5) is 14.4. The summed E-state index contributed by atoms with van der Waals surface area (Å²) in [5, 5.41) is 0.512. The van der Waals surface area contributed by atoms with Gasteiger partial charge in [0.1, 0.15) is 5.75 Å². The molecule has 0 spiro atoms. The van der Waals surface area contributed by atoms with E-state index in [1.807, 2.05) is 17.0 Å². The van der Waals surface area contributed by atoms with E-state index in [1.165, 1.54) is 0 Å². The van der Waals surface area contributed by atoms with E-state index in [0.29, 0.717) is 23.9 Å². The van der Waals surface area contributed by atoms with Crippen LogP contribution in [0.4, 0.5) is 0 Å². The first-order valence-corrected chi connectivity index (χ1v) is 7.64. The average Bonchev–Trinajstić information content (AvgIpc) is 2.43. The second-order valence-electron chi connectivity index (χ2n) is 6.33. The van der Waals surface area contributed by atoms with Crippen molar-refractivity contribution in [1.82, 2.24) is 4.90 Å². The second-order valence-corrected chi connectivity index (χ2v) is 6.74. The molecule has 5 heteroatoms. The zero-order chi connectivity index (χ0) is 15.6. The number of benzene rings is 1. The van der Waals surface area contributed by atoms with Gasteiger partial charge in [-0.25, -0.2) is 0 Å². The first-order valence-electron chi connectivity index (χ1n) is 7.27. The molecule has 4 nitrogen and oxygen atoms in total. The molecule has 1 amide bonds. The third-order valence-electron chi connectivity index (χ3n) is 4.11. The molecule has 1 fully saturated rings. The molecule has 2 unspecified atom stereocenters. The van der Waals surface area contributed by atoms with Crippen molar-refractivity contribution < 1.29 is 9.53 Å². The molecule has 1 heterocycles. The van der Waals surface area contributed by atoms with Gasteiger partial charge in [-0.3, -0.25) is 4.79 Å². The lowest BCUT2D eigenvalue weighted by molar-refractivity contribution is -0.141. The summed E-state index contributed by atoms with van der Waals surface area (Å²) in [5.74, 6) is 0.517. The Bertz CT molecular complexity index is 519. The minimum atomic E-state index is -0.560. The van der Waals surface area contributed by atoms with E-state index < -0.39 is 6.10 Å². The van der Waals surface area contributed by atoms with Crippen LogP contribution in [0.3, 0.4) is 0 Å². The van der Waals surface area contributed by atoms with Gasteiger partial charge >= 0.3 is 0 Å². The first kappa shape index (κ1) is 16.1. The van der Waals surface area contributed by atoms with E-state index in [0.717, 1.165) is 6.42 Å². The van der Waals surface area contributed by atoms with Crippen molar-refractivity contribution in [2.24, 2.45) is 11.1 Å². The number of ether oxygens (including phenoxy) is 1. The summed E-state index contributed by atoms with van der Waals surface area (Å²) in [6.07, 6.45) is 0.257. The summed E-state index contributed by atoms with van der Waals surface area (Å²) in [5.41, 5.74) is 6.04. The molecular formula is C16H23ClN2O2. The maximum atomic E-state index is 12.5. The van der Waals surface area contributed by atoms with Gasteiger partial charge in [0.15, 0.2) is 6.10 Å². The van der Waals surface area contributed by atoms with Crippen molar-refractivity contribution in [3.63, 3.8) is 0 Å². The van der Waals surface area contributed by atoms with Gasteiger partial charge in [-0.15, -0.1) is 0 Å². The number of likely N-dealkylation sites (tertiary alicyclic amines) is 1. The zero-order valence-corrected chi connectivity index (χ0v) is 13.6. The summed E-state index contributed by atoms with van der Waals surface area (Å²) in [6, 6.07) is 7.30. The van der Waals surface area contributed by atoms with Gasteiger partial charge in [0, 0.05) is 19.1 Å². The number of carbonyl (C=O) groups excluding carboxylic acids is 1. The fourth-order valence-corrected chi connectivity index (χ4v) is 2.78. The molecular weight excluding hydrogens is 288 g/mol. The van der Waals surface area contributed by atoms with Crippen LogP contribution in [0, 0.1) is 5.41 Å². The van der Waals surface area contributed by atoms with Crippen LogP contribution in [-0.2, 0) is 4.79 Å². The largest absolute Gasteiger partial charge is 0.479 e. The molecule has 116 valence electrons. The molecule has 2 atom stereocenters. The molecule has 0 aromatic heterocycles. The van der Waals surface area contributed by atoms with Gasteiger partial charge in [0.05, 0.1) is 5.02 Å². The van der Waals surface area contributed by atoms with Crippen LogP contribution in [0.5, 0.6) is 5.75 Å². The quantitative estimate of drug-likeness (QED) is 0.934. The highest BCUT2D eigenvalue weighted by atomic mass is 35.5. The standard InChI is InChI=1S/C16H23ClN2O2/c1-11(21-13-7-5-4-6-12(13)17)15(20)19-9-8-14(18)16(2,3)10-19/h4-7,11,14H,8-10,18H2,1-3H3. The average molecular weight is 311 g/mol. The number of hydrogen-bond donors (Lipinski definition) is 1. The number of amides is 1. The Hall–Kier alpha value is -1.26. The SMILES string of the molecule is CC(Oc1ccccc1Cl)C(=O)N1CCC(N)C(C)(C)C1. The normalized spacial score (nSPS) is 22.7. The highest BCUT2D eigenvalue weighted by molar-refractivity contribution is 6.32. The molecule has 2 rings (SSSR count). The second kappa shape index (κ2) is 6.24. The van der Waals surface area contributed by atoms with Gasteiger partial charge in [0.2, 0.25) is 0 Å². The topological polar surface area (TPSA) is 55.6 Å². The predicted octanol–water partition coefficient (Wildman–Crippen LogP) is 2.69. The van der Waals surface area contributed by atoms with Crippen molar-refractivity contribution in [2.45, 2.75) is 39.3 Å². The summed E-state index contributed by atoms with van der Waals surface area (Å²) in [6.45, 7) is 7.28. The van der Waals surface area contributed by atoms with E-state index >= 15 is 0 Å². The molecule has 1 aromatic carbocycles. The number of piperidine rings is 1. The van der Waals surface area contributed by atoms with E-state index in [9.17, 15) is 4.79 Å². The van der Waals surface area contributed by atoms with Gasteiger partial charge < -0.3 is 15.4 Å². The minimum absolute atomic E-state index is 0.0186. The molecule has 1 saturated heterocycles. The van der Waals surface area contributed by atoms with E-state index in [2.05, 4.69) is 13.8 Å². The molecule has 1 aliphatic rings. The Morgan fingerprint density at radius 3 is 2.76 bits per heavy atom. The number of nitrogens with zero attached hydrogens (tertiary/aromatic N) is 1. The fraction of sp³-hybridized carbons (Fsp3) is 0.562. The van der Waals surface area contributed by atoms with Crippen molar-refractivity contribution in [3.8, 4) is 5.75 Å². The van der Waals surface area contributed by atoms with Crippen molar-refractivity contribution >= 4 is 17.5 Å². The summed E-state index contributed by atoms with van der Waals surface area (Å²) >= 11 is 6.06. The molecule has 21 heavy (non-hydrogen) atoms. The highest BCUT2D eigenvalue weighted by Gasteiger charge is 2.36. The van der Waals surface area contributed by atoms with Crippen molar-refractivity contribution in [2.75, 3.05) is 13.1 Å². The van der Waals surface area contributed by atoms with Crippen molar-refractivity contribution in [3.05, 3.63) is 29.3 Å².